The van der Waals surface area contributed by atoms with E-state index in [4.69, 9.17) is 13.0 Å². The summed E-state index contributed by atoms with van der Waals surface area (Å²) in [6.45, 7) is -5.93. The van der Waals surface area contributed by atoms with Gasteiger partial charge in [0.2, 0.25) is 0 Å². The van der Waals surface area contributed by atoms with Crippen LogP contribution in [0.5, 0.6) is 0 Å². The molecule has 0 amide bonds. The summed E-state index contributed by atoms with van der Waals surface area (Å²) in [6, 6.07) is 8.53. The zero-order chi connectivity index (χ0) is 17.5. The first kappa shape index (κ1) is 6.52. The fourth-order valence-corrected chi connectivity index (χ4v) is 1.33. The summed E-state index contributed by atoms with van der Waals surface area (Å²) >= 11 is 0. The monoisotopic (exact) mass is 242 g/mol. The number of benzene rings is 1. The molecule has 0 bridgehead atoms. The lowest BCUT2D eigenvalue weighted by atomic mass is 10.0. The summed E-state index contributed by atoms with van der Waals surface area (Å²) < 4.78 is 54.8. The van der Waals surface area contributed by atoms with Gasteiger partial charge in [0.25, 0.3) is 0 Å². The Hall–Kier alpha value is -1.39. The van der Waals surface area contributed by atoms with E-state index in [0.717, 1.165) is 0 Å². The van der Waals surface area contributed by atoms with E-state index in [0.29, 0.717) is 5.56 Å². The van der Waals surface area contributed by atoms with Crippen LogP contribution < -0.4 is 0 Å². The predicted molar refractivity (Wildman–Crippen MR) is 61.2 cm³/mol. The lowest BCUT2D eigenvalue weighted by molar-refractivity contribution is -0.145. The molecule has 1 fully saturated rings. The van der Waals surface area contributed by atoms with Crippen LogP contribution in [-0.4, -0.2) is 30.3 Å². The van der Waals surface area contributed by atoms with Gasteiger partial charge in [-0.05, 0) is 11.9 Å². The van der Waals surface area contributed by atoms with E-state index in [1.807, 2.05) is 0 Å². The molecular weight excluding hydrogens is 220 g/mol. The highest BCUT2D eigenvalue weighted by atomic mass is 16.5. The van der Waals surface area contributed by atoms with E-state index in [1.165, 1.54) is 0 Å². The highest BCUT2D eigenvalue weighted by Crippen LogP contribution is 2.18. The topological polar surface area (TPSA) is 55.8 Å². The molecule has 1 aliphatic rings. The van der Waals surface area contributed by atoms with E-state index in [2.05, 4.69) is 4.74 Å². The van der Waals surface area contributed by atoms with Gasteiger partial charge in [0.05, 0.1) is 37.2 Å². The van der Waals surface area contributed by atoms with Gasteiger partial charge in [0, 0.05) is 2.74 Å². The molecule has 0 aliphatic carbocycles. The van der Waals surface area contributed by atoms with E-state index in [-0.39, 0.29) is 6.61 Å². The summed E-state index contributed by atoms with van der Waals surface area (Å²) in [5.41, 5.74) is 0.621. The van der Waals surface area contributed by atoms with E-state index in [1.54, 1.807) is 30.3 Å². The molecular formula is C13H16O4. The normalized spacial score (nSPS) is 33.2. The average molecular weight is 242 g/mol. The maximum absolute atomic E-state index is 11.7. The lowest BCUT2D eigenvalue weighted by Gasteiger charge is -2.14. The van der Waals surface area contributed by atoms with Gasteiger partial charge >= 0.3 is 5.97 Å². The van der Waals surface area contributed by atoms with Crippen molar-refractivity contribution in [1.82, 2.24) is 0 Å². The highest BCUT2D eigenvalue weighted by molar-refractivity contribution is 5.74. The Bertz CT molecular complexity index is 577. The molecule has 0 aromatic heterocycles. The first-order valence-electron chi connectivity index (χ1n) is 8.08. The van der Waals surface area contributed by atoms with Gasteiger partial charge in [-0.15, -0.1) is 0 Å². The molecule has 1 saturated heterocycles. The Morgan fingerprint density at radius 3 is 3.00 bits per heavy atom. The quantitative estimate of drug-likeness (QED) is 0.786. The SMILES string of the molecule is [2H]C([2H])(OCc1ccccc1)[C@@H](O)[C@H]1C(=O)OC([2H])([2H])C1([2H])[2H]. The number of ether oxygens (including phenoxy) is 2. The zero-order valence-corrected chi connectivity index (χ0v) is 8.92. The van der Waals surface area contributed by atoms with Crippen molar-refractivity contribution in [2.24, 2.45) is 5.92 Å². The Labute approximate surface area is 109 Å². The van der Waals surface area contributed by atoms with Gasteiger partial charge in [-0.3, -0.25) is 4.79 Å². The van der Waals surface area contributed by atoms with Gasteiger partial charge < -0.3 is 14.6 Å². The van der Waals surface area contributed by atoms with Crippen LogP contribution in [0.1, 0.15) is 20.2 Å². The Kier molecular flexibility index (Phi) is 2.22. The molecule has 1 aromatic rings. The van der Waals surface area contributed by atoms with Gasteiger partial charge in [-0.25, -0.2) is 0 Å². The van der Waals surface area contributed by atoms with Crippen LogP contribution in [0.25, 0.3) is 0 Å². The summed E-state index contributed by atoms with van der Waals surface area (Å²) in [5.74, 6) is -3.39. The molecule has 2 atom stereocenters. The Morgan fingerprint density at radius 1 is 1.59 bits per heavy atom. The third kappa shape index (κ3) is 3.28. The Balaban J connectivity index is 2.14. The second-order valence-electron chi connectivity index (χ2n) is 3.48. The van der Waals surface area contributed by atoms with Crippen molar-refractivity contribution in [3.05, 3.63) is 35.9 Å². The van der Waals surface area contributed by atoms with Crippen LogP contribution in [-0.2, 0) is 20.9 Å². The molecule has 0 spiro atoms. The molecule has 1 N–H and O–H groups in total. The number of carbonyl (C=O) groups is 1. The summed E-state index contributed by atoms with van der Waals surface area (Å²) in [5, 5.41) is 10.1. The van der Waals surface area contributed by atoms with Crippen LogP contribution in [0.3, 0.4) is 0 Å². The minimum absolute atomic E-state index is 0.206. The van der Waals surface area contributed by atoms with Crippen molar-refractivity contribution in [3.63, 3.8) is 0 Å². The van der Waals surface area contributed by atoms with Crippen LogP contribution in [0.15, 0.2) is 30.3 Å². The molecule has 1 aliphatic heterocycles. The molecule has 0 radical (unpaired) electrons. The minimum atomic E-state index is -2.95. The number of cyclic esters (lactones) is 1. The van der Waals surface area contributed by atoms with Crippen molar-refractivity contribution >= 4 is 5.97 Å². The molecule has 0 unspecified atom stereocenters. The number of aliphatic hydroxyl groups excluding tert-OH is 1. The summed E-state index contributed by atoms with van der Waals surface area (Å²) in [6.07, 6.45) is -5.13. The van der Waals surface area contributed by atoms with Crippen molar-refractivity contribution in [3.8, 4) is 0 Å². The fourth-order valence-electron chi connectivity index (χ4n) is 1.33. The van der Waals surface area contributed by atoms with Gasteiger partial charge in [0.15, 0.2) is 0 Å². The second kappa shape index (κ2) is 5.80. The van der Waals surface area contributed by atoms with E-state index < -0.39 is 37.5 Å². The van der Waals surface area contributed by atoms with Crippen molar-refractivity contribution in [2.75, 3.05) is 13.1 Å². The van der Waals surface area contributed by atoms with Gasteiger partial charge in [-0.1, -0.05) is 30.3 Å². The Morgan fingerprint density at radius 2 is 2.35 bits per heavy atom. The predicted octanol–water partition coefficient (Wildman–Crippen LogP) is 1.13. The number of hydrogen-bond acceptors (Lipinski definition) is 4. The maximum Gasteiger partial charge on any atom is 0.311 e. The van der Waals surface area contributed by atoms with E-state index in [9.17, 15) is 9.90 Å². The molecule has 4 nitrogen and oxygen atoms in total. The standard InChI is InChI=1S/C13H16O4/c14-12(11-6-7-17-13(11)15)9-16-8-10-4-2-1-3-5-10/h1-5,11-12,14H,6-9H2/t11-,12+/m0/s1/i6D2,7D2,9D2. The third-order valence-electron chi connectivity index (χ3n) is 2.22. The fraction of sp³-hybridized carbons (Fsp3) is 0.462. The smallest absolute Gasteiger partial charge is 0.311 e. The highest BCUT2D eigenvalue weighted by Gasteiger charge is 2.33. The van der Waals surface area contributed by atoms with Gasteiger partial charge in [0.1, 0.15) is 0 Å². The molecule has 4 heteroatoms. The third-order valence-corrected chi connectivity index (χ3v) is 2.22. The number of hydrogen-bond donors (Lipinski definition) is 1. The van der Waals surface area contributed by atoms with Crippen LogP contribution >= 0.6 is 0 Å². The van der Waals surface area contributed by atoms with Crippen LogP contribution in [0.4, 0.5) is 0 Å². The molecule has 92 valence electrons. The van der Waals surface area contributed by atoms with Crippen molar-refractivity contribution in [2.45, 2.75) is 19.1 Å². The van der Waals surface area contributed by atoms with Gasteiger partial charge in [-0.2, -0.15) is 0 Å². The zero-order valence-electron chi connectivity index (χ0n) is 14.9. The second-order valence-corrected chi connectivity index (χ2v) is 3.48. The number of aliphatic hydroxyl groups is 1. The molecule has 1 aromatic carbocycles. The number of esters is 1. The lowest BCUT2D eigenvalue weighted by Crippen LogP contribution is -2.28. The minimum Gasteiger partial charge on any atom is -0.465 e. The van der Waals surface area contributed by atoms with Crippen LogP contribution in [0.2, 0.25) is 0 Å². The molecule has 1 heterocycles. The first-order chi connectivity index (χ1) is 10.5. The number of rotatable bonds is 5. The average Bonchev–Trinajstić information content (AvgIpc) is 2.61. The van der Waals surface area contributed by atoms with E-state index >= 15 is 0 Å². The maximum atomic E-state index is 11.7. The summed E-state index contributed by atoms with van der Waals surface area (Å²) in [7, 11) is 0. The van der Waals surface area contributed by atoms with Crippen LogP contribution in [0, 0.1) is 5.92 Å². The molecule has 2 rings (SSSR count). The molecule has 0 saturated carbocycles. The van der Waals surface area contributed by atoms with Crippen molar-refractivity contribution < 1.29 is 27.6 Å². The largest absolute Gasteiger partial charge is 0.465 e. The molecule has 17 heavy (non-hydrogen) atoms. The summed E-state index contributed by atoms with van der Waals surface area (Å²) in [4.78, 5) is 11.7. The first-order valence-corrected chi connectivity index (χ1v) is 5.08. The number of carbonyl (C=O) groups excluding carboxylic acids is 1. The van der Waals surface area contributed by atoms with Crippen molar-refractivity contribution in [1.29, 1.82) is 0 Å².